The van der Waals surface area contributed by atoms with Gasteiger partial charge in [0.1, 0.15) is 73.2 Å². The SMILES string of the molecule is CC/C=C\C/C=C\C/C=C\C/C=C\C/C=C\C/C=C\C/C=C\C/C=C\C/C=C\C/C=C\CCCCCCCCCCC(=O)NC(COC1OC(CO)C(OC2OC(CO)C(OC3OC(CO)C(O)C(O)C3O)C(O)C2O)C(O)C1O)C(O)/C=C/CCCCC. The number of nitrogens with one attached hydrogen (secondary N) is 1. The number of carbonyl (C=O) groups excluding carboxylic acids is 1. The standard InChI is InChI=1S/C70H113NO18/c1-3-5-7-9-10-11-12-13-14-15-16-17-18-19-20-21-22-23-24-25-26-27-28-29-30-31-32-33-34-35-36-37-38-39-40-41-42-44-46-48-58(76)71-53(54(75)47-45-43-8-6-4-2)52-84-68-64(82)61(79)66(56(50-73)86-68)89-70-65(83)62(80)67(57(51-74)87-70)88-69-63(81)60(78)59(77)55(49-72)85-69/h5,7,10-11,13-14,16-17,19-20,22-23,25-26,28-29,31-32,34-35,45,47,53-57,59-70,72-75,77-83H,3-4,6,8-9,12,15,18,21,24,27,30,33,36-44,46,48-52H2,1-2H3,(H,71,76)/b7-5-,11-10-,14-13-,17-16-,20-19-,23-22-,26-25-,29-28-,32-31-,35-34-,47-45+. The van der Waals surface area contributed by atoms with E-state index in [1.807, 2.05) is 6.08 Å². The third kappa shape index (κ3) is 32.9. The fourth-order valence-corrected chi connectivity index (χ4v) is 10.1. The summed E-state index contributed by atoms with van der Waals surface area (Å²) in [6.45, 7) is 1.43. The molecule has 0 saturated carbocycles. The molecule has 3 aliphatic heterocycles. The molecule has 506 valence electrons. The van der Waals surface area contributed by atoms with Crippen molar-refractivity contribution in [2.45, 2.75) is 272 Å². The Morgan fingerprint density at radius 2 is 0.775 bits per heavy atom. The zero-order valence-corrected chi connectivity index (χ0v) is 53.1. The molecule has 19 nitrogen and oxygen atoms in total. The number of amides is 1. The van der Waals surface area contributed by atoms with Gasteiger partial charge in [-0.05, 0) is 96.3 Å². The number of aliphatic hydroxyl groups excluding tert-OH is 11. The minimum atomic E-state index is -1.98. The number of rotatable bonds is 47. The van der Waals surface area contributed by atoms with Crippen molar-refractivity contribution in [3.05, 3.63) is 134 Å². The molecule has 17 atom stereocenters. The summed E-state index contributed by atoms with van der Waals surface area (Å²) < 4.78 is 34.1. The van der Waals surface area contributed by atoms with Gasteiger partial charge in [-0.1, -0.05) is 199 Å². The second kappa shape index (κ2) is 50.5. The molecule has 0 aromatic heterocycles. The quantitative estimate of drug-likeness (QED) is 0.0204. The summed E-state index contributed by atoms with van der Waals surface area (Å²) in [7, 11) is 0. The van der Waals surface area contributed by atoms with Gasteiger partial charge in [0.05, 0.1) is 38.6 Å². The number of hydrogen-bond donors (Lipinski definition) is 12. The van der Waals surface area contributed by atoms with Gasteiger partial charge in [0.25, 0.3) is 0 Å². The molecule has 0 spiro atoms. The van der Waals surface area contributed by atoms with Crippen LogP contribution in [0.3, 0.4) is 0 Å². The molecule has 0 aromatic carbocycles. The lowest BCUT2D eigenvalue weighted by Gasteiger charge is -2.48. The maximum atomic E-state index is 13.2. The van der Waals surface area contributed by atoms with Gasteiger partial charge >= 0.3 is 0 Å². The molecule has 0 radical (unpaired) electrons. The van der Waals surface area contributed by atoms with E-state index >= 15 is 0 Å². The van der Waals surface area contributed by atoms with Crippen molar-refractivity contribution >= 4 is 5.91 Å². The molecule has 0 bridgehead atoms. The van der Waals surface area contributed by atoms with Crippen LogP contribution in [-0.4, -0.2) is 193 Å². The second-order valence-corrected chi connectivity index (χ2v) is 22.8. The lowest BCUT2D eigenvalue weighted by molar-refractivity contribution is -0.379. The fraction of sp³-hybridized carbons (Fsp3) is 0.671. The highest BCUT2D eigenvalue weighted by Crippen LogP contribution is 2.33. The van der Waals surface area contributed by atoms with Gasteiger partial charge < -0.3 is 89.9 Å². The van der Waals surface area contributed by atoms with Crippen molar-refractivity contribution in [3.8, 4) is 0 Å². The molecule has 12 N–H and O–H groups in total. The Hall–Kier alpha value is -4.07. The van der Waals surface area contributed by atoms with Crippen LogP contribution in [0.1, 0.15) is 168 Å². The van der Waals surface area contributed by atoms with E-state index in [1.165, 1.54) is 6.42 Å². The molecule has 89 heavy (non-hydrogen) atoms. The van der Waals surface area contributed by atoms with Crippen molar-refractivity contribution in [1.82, 2.24) is 5.32 Å². The Morgan fingerprint density at radius 1 is 0.416 bits per heavy atom. The van der Waals surface area contributed by atoms with Gasteiger partial charge in [-0.2, -0.15) is 0 Å². The zero-order valence-electron chi connectivity index (χ0n) is 53.1. The Bertz CT molecular complexity index is 2130. The number of unbranched alkanes of at least 4 members (excludes halogenated alkanes) is 11. The molecule has 1 amide bonds. The van der Waals surface area contributed by atoms with Crippen LogP contribution in [0, 0.1) is 0 Å². The summed E-state index contributed by atoms with van der Waals surface area (Å²) in [6, 6.07) is -0.983. The molecule has 3 saturated heterocycles. The first-order valence-corrected chi connectivity index (χ1v) is 32.9. The minimum Gasteiger partial charge on any atom is -0.394 e. The normalized spacial score (nSPS) is 29.1. The molecule has 0 aromatic rings. The van der Waals surface area contributed by atoms with Crippen molar-refractivity contribution in [1.29, 1.82) is 0 Å². The van der Waals surface area contributed by atoms with E-state index in [2.05, 4.69) is 141 Å². The first-order valence-electron chi connectivity index (χ1n) is 32.9. The maximum Gasteiger partial charge on any atom is 0.220 e. The van der Waals surface area contributed by atoms with E-state index in [-0.39, 0.29) is 18.9 Å². The second-order valence-electron chi connectivity index (χ2n) is 22.8. The lowest BCUT2D eigenvalue weighted by atomic mass is 9.96. The largest absolute Gasteiger partial charge is 0.394 e. The molecule has 3 rings (SSSR count). The third-order valence-corrected chi connectivity index (χ3v) is 15.5. The van der Waals surface area contributed by atoms with Gasteiger partial charge in [-0.25, -0.2) is 0 Å². The first kappa shape index (κ1) is 79.2. The molecule has 19 heteroatoms. The van der Waals surface area contributed by atoms with E-state index in [4.69, 9.17) is 28.4 Å². The van der Waals surface area contributed by atoms with E-state index in [1.54, 1.807) is 6.08 Å². The van der Waals surface area contributed by atoms with Crippen molar-refractivity contribution in [2.75, 3.05) is 26.4 Å². The summed E-state index contributed by atoms with van der Waals surface area (Å²) >= 11 is 0. The summed E-state index contributed by atoms with van der Waals surface area (Å²) in [6.07, 6.45) is 43.9. The average Bonchev–Trinajstić information content (AvgIpc) is 2.72. The lowest BCUT2D eigenvalue weighted by Crippen LogP contribution is -2.66. The molecular formula is C70H113NO18. The van der Waals surface area contributed by atoms with E-state index in [9.17, 15) is 61.0 Å². The molecule has 17 unspecified atom stereocenters. The van der Waals surface area contributed by atoms with Crippen LogP contribution in [0.5, 0.6) is 0 Å². The van der Waals surface area contributed by atoms with Crippen LogP contribution in [0.2, 0.25) is 0 Å². The Labute approximate surface area is 530 Å². The highest BCUT2D eigenvalue weighted by Gasteiger charge is 2.53. The predicted octanol–water partition coefficient (Wildman–Crippen LogP) is 7.82. The third-order valence-electron chi connectivity index (χ3n) is 15.5. The van der Waals surface area contributed by atoms with Crippen molar-refractivity contribution in [2.24, 2.45) is 0 Å². The highest BCUT2D eigenvalue weighted by molar-refractivity contribution is 5.76. The Balaban J connectivity index is 1.28. The molecule has 0 aliphatic carbocycles. The minimum absolute atomic E-state index is 0.223. The topological polar surface area (TPSA) is 307 Å². The smallest absolute Gasteiger partial charge is 0.220 e. The van der Waals surface area contributed by atoms with Crippen LogP contribution in [-0.2, 0) is 33.2 Å². The van der Waals surface area contributed by atoms with E-state index < -0.39 is 124 Å². The van der Waals surface area contributed by atoms with Gasteiger partial charge in [0, 0.05) is 6.42 Å². The first-order chi connectivity index (χ1) is 43.3. The Kier molecular flexibility index (Phi) is 44.9. The van der Waals surface area contributed by atoms with Crippen molar-refractivity contribution in [3.63, 3.8) is 0 Å². The van der Waals surface area contributed by atoms with Crippen LogP contribution >= 0.6 is 0 Å². The summed E-state index contributed by atoms with van der Waals surface area (Å²) in [5.41, 5.74) is 0. The van der Waals surface area contributed by atoms with E-state index in [0.29, 0.717) is 12.8 Å². The van der Waals surface area contributed by atoms with Gasteiger partial charge in [0.2, 0.25) is 5.91 Å². The predicted molar refractivity (Wildman–Crippen MR) is 346 cm³/mol. The highest BCUT2D eigenvalue weighted by atomic mass is 16.8. The van der Waals surface area contributed by atoms with E-state index in [0.717, 1.165) is 128 Å². The number of hydrogen-bond acceptors (Lipinski definition) is 18. The fourth-order valence-electron chi connectivity index (χ4n) is 10.1. The summed E-state index contributed by atoms with van der Waals surface area (Å²) in [5.74, 6) is -0.299. The summed E-state index contributed by atoms with van der Waals surface area (Å²) in [4.78, 5) is 13.2. The molecule has 3 fully saturated rings. The van der Waals surface area contributed by atoms with Crippen molar-refractivity contribution < 1.29 is 89.4 Å². The number of allylic oxidation sites excluding steroid dienone is 21. The maximum absolute atomic E-state index is 13.2. The van der Waals surface area contributed by atoms with Gasteiger partial charge in [-0.3, -0.25) is 4.79 Å². The molecule has 3 heterocycles. The van der Waals surface area contributed by atoms with Gasteiger partial charge in [-0.15, -0.1) is 0 Å². The van der Waals surface area contributed by atoms with Gasteiger partial charge in [0.15, 0.2) is 18.9 Å². The molecular weight excluding hydrogens is 1140 g/mol. The number of aliphatic hydroxyl groups is 11. The Morgan fingerprint density at radius 3 is 1.21 bits per heavy atom. The monoisotopic (exact) mass is 1260 g/mol. The van der Waals surface area contributed by atoms with Crippen LogP contribution < -0.4 is 5.32 Å². The number of ether oxygens (including phenoxy) is 6. The van der Waals surface area contributed by atoms with Crippen LogP contribution in [0.25, 0.3) is 0 Å². The zero-order chi connectivity index (χ0) is 64.7. The molecule has 3 aliphatic rings. The number of carbonyl (C=O) groups is 1. The van der Waals surface area contributed by atoms with Crippen LogP contribution in [0.4, 0.5) is 0 Å². The van der Waals surface area contributed by atoms with Crippen LogP contribution in [0.15, 0.2) is 134 Å². The summed E-state index contributed by atoms with van der Waals surface area (Å²) in [5, 5.41) is 120. The average molecular weight is 1260 g/mol.